The van der Waals surface area contributed by atoms with E-state index in [1.54, 1.807) is 0 Å². The Kier molecular flexibility index (Phi) is 3.38. The summed E-state index contributed by atoms with van der Waals surface area (Å²) >= 11 is 0. The number of piperidine rings is 1. The van der Waals surface area contributed by atoms with E-state index in [-0.39, 0.29) is 5.41 Å². The Hall–Kier alpha value is -1.09. The smallest absolute Gasteiger partial charge is 0.0435 e. The Morgan fingerprint density at radius 1 is 1.41 bits per heavy atom. The fourth-order valence-corrected chi connectivity index (χ4v) is 2.47. The Morgan fingerprint density at radius 3 is 2.82 bits per heavy atom. The van der Waals surface area contributed by atoms with Crippen LogP contribution < -0.4 is 10.6 Å². The maximum absolute atomic E-state index is 6.06. The van der Waals surface area contributed by atoms with Gasteiger partial charge in [0.25, 0.3) is 0 Å². The minimum absolute atomic E-state index is 0.130. The number of pyridine rings is 1. The molecule has 2 heterocycles. The van der Waals surface area contributed by atoms with Crippen LogP contribution in [0.25, 0.3) is 0 Å². The molecule has 94 valence electrons. The highest BCUT2D eigenvalue weighted by atomic mass is 15.2. The molecule has 0 saturated carbocycles. The topological polar surface area (TPSA) is 42.2 Å². The van der Waals surface area contributed by atoms with Gasteiger partial charge in [-0.3, -0.25) is 4.98 Å². The molecule has 1 atom stereocenters. The zero-order valence-electron chi connectivity index (χ0n) is 11.1. The van der Waals surface area contributed by atoms with Crippen LogP contribution in [0.15, 0.2) is 18.5 Å². The molecule has 1 saturated heterocycles. The zero-order valence-corrected chi connectivity index (χ0v) is 11.1. The van der Waals surface area contributed by atoms with Crippen LogP contribution in [0.4, 0.5) is 5.69 Å². The van der Waals surface area contributed by atoms with Crippen LogP contribution in [-0.2, 0) is 5.41 Å². The van der Waals surface area contributed by atoms with Gasteiger partial charge in [0.05, 0.1) is 0 Å². The molecule has 2 N–H and O–H groups in total. The Balaban J connectivity index is 2.31. The van der Waals surface area contributed by atoms with E-state index in [0.29, 0.717) is 6.04 Å². The number of aromatic nitrogens is 1. The van der Waals surface area contributed by atoms with Gasteiger partial charge in [0, 0.05) is 37.2 Å². The molecule has 1 aromatic rings. The van der Waals surface area contributed by atoms with Crippen molar-refractivity contribution in [2.75, 3.05) is 18.0 Å². The van der Waals surface area contributed by atoms with E-state index in [9.17, 15) is 0 Å². The van der Waals surface area contributed by atoms with Gasteiger partial charge in [0.15, 0.2) is 0 Å². The van der Waals surface area contributed by atoms with Crippen LogP contribution in [0, 0.1) is 0 Å². The van der Waals surface area contributed by atoms with Gasteiger partial charge in [0.1, 0.15) is 0 Å². The second-order valence-corrected chi connectivity index (χ2v) is 5.99. The summed E-state index contributed by atoms with van der Waals surface area (Å²) in [4.78, 5) is 6.68. The van der Waals surface area contributed by atoms with E-state index >= 15 is 0 Å². The molecule has 0 bridgehead atoms. The summed E-state index contributed by atoms with van der Waals surface area (Å²) in [5.74, 6) is 0. The maximum Gasteiger partial charge on any atom is 0.0435 e. The summed E-state index contributed by atoms with van der Waals surface area (Å²) in [6, 6.07) is 2.43. The van der Waals surface area contributed by atoms with Gasteiger partial charge < -0.3 is 10.6 Å². The molecule has 1 aromatic heterocycles. The standard InChI is InChI=1S/C14H23N3/c1-14(2,3)12-9-16-7-6-13(12)17-8-4-5-11(15)10-17/h6-7,9,11H,4-5,8,10,15H2,1-3H3. The van der Waals surface area contributed by atoms with Crippen molar-refractivity contribution in [1.29, 1.82) is 0 Å². The van der Waals surface area contributed by atoms with Crippen LogP contribution >= 0.6 is 0 Å². The second kappa shape index (κ2) is 4.65. The first-order valence-corrected chi connectivity index (χ1v) is 6.43. The SMILES string of the molecule is CC(C)(C)c1cnccc1N1CCCC(N)C1. The van der Waals surface area contributed by atoms with E-state index in [4.69, 9.17) is 5.73 Å². The highest BCUT2D eigenvalue weighted by Gasteiger charge is 2.24. The fourth-order valence-electron chi connectivity index (χ4n) is 2.47. The van der Waals surface area contributed by atoms with Crippen LogP contribution in [0.3, 0.4) is 0 Å². The predicted octanol–water partition coefficient (Wildman–Crippen LogP) is 2.31. The number of hydrogen-bond acceptors (Lipinski definition) is 3. The first-order chi connectivity index (χ1) is 7.98. The average Bonchev–Trinajstić information content (AvgIpc) is 2.28. The normalized spacial score (nSPS) is 21.6. The number of nitrogens with two attached hydrogens (primary N) is 1. The first-order valence-electron chi connectivity index (χ1n) is 6.43. The molecule has 17 heavy (non-hydrogen) atoms. The molecule has 0 radical (unpaired) electrons. The van der Waals surface area contributed by atoms with Gasteiger partial charge in [-0.25, -0.2) is 0 Å². The molecule has 1 aliphatic heterocycles. The summed E-state index contributed by atoms with van der Waals surface area (Å²) < 4.78 is 0. The summed E-state index contributed by atoms with van der Waals surface area (Å²) in [5.41, 5.74) is 8.82. The molecule has 1 unspecified atom stereocenters. The van der Waals surface area contributed by atoms with Gasteiger partial charge in [-0.15, -0.1) is 0 Å². The van der Waals surface area contributed by atoms with Crippen LogP contribution in [-0.4, -0.2) is 24.1 Å². The number of anilines is 1. The van der Waals surface area contributed by atoms with Gasteiger partial charge in [-0.05, 0) is 29.9 Å². The molecule has 1 fully saturated rings. The van der Waals surface area contributed by atoms with Gasteiger partial charge in [0.2, 0.25) is 0 Å². The van der Waals surface area contributed by atoms with Crippen LogP contribution in [0.5, 0.6) is 0 Å². The van der Waals surface area contributed by atoms with Gasteiger partial charge in [-0.2, -0.15) is 0 Å². The third kappa shape index (κ3) is 2.78. The minimum Gasteiger partial charge on any atom is -0.370 e. The second-order valence-electron chi connectivity index (χ2n) is 5.99. The van der Waals surface area contributed by atoms with E-state index in [1.807, 2.05) is 12.4 Å². The molecular formula is C14H23N3. The van der Waals surface area contributed by atoms with E-state index in [0.717, 1.165) is 19.5 Å². The van der Waals surface area contributed by atoms with Gasteiger partial charge >= 0.3 is 0 Å². The van der Waals surface area contributed by atoms with E-state index in [1.165, 1.54) is 17.7 Å². The number of nitrogens with zero attached hydrogens (tertiary/aromatic N) is 2. The quantitative estimate of drug-likeness (QED) is 0.809. The number of rotatable bonds is 1. The molecule has 0 amide bonds. The van der Waals surface area contributed by atoms with Crippen molar-refractivity contribution in [3.05, 3.63) is 24.0 Å². The summed E-state index contributed by atoms with van der Waals surface area (Å²) in [6.07, 6.45) is 6.21. The fraction of sp³-hybridized carbons (Fsp3) is 0.643. The van der Waals surface area contributed by atoms with Crippen LogP contribution in [0.2, 0.25) is 0 Å². The molecule has 2 rings (SSSR count). The summed E-state index contributed by atoms with van der Waals surface area (Å²) in [5, 5.41) is 0. The van der Waals surface area contributed by atoms with Gasteiger partial charge in [-0.1, -0.05) is 20.8 Å². The lowest BCUT2D eigenvalue weighted by atomic mass is 9.86. The largest absolute Gasteiger partial charge is 0.370 e. The average molecular weight is 233 g/mol. The Bertz CT molecular complexity index is 381. The molecule has 0 aliphatic carbocycles. The van der Waals surface area contributed by atoms with Crippen molar-refractivity contribution in [1.82, 2.24) is 4.98 Å². The Labute approximate surface area is 104 Å². The highest BCUT2D eigenvalue weighted by Crippen LogP contribution is 2.32. The van der Waals surface area contributed by atoms with E-state index in [2.05, 4.69) is 36.7 Å². The third-order valence-corrected chi connectivity index (χ3v) is 3.40. The predicted molar refractivity (Wildman–Crippen MR) is 72.4 cm³/mol. The lowest BCUT2D eigenvalue weighted by Gasteiger charge is -2.36. The number of hydrogen-bond donors (Lipinski definition) is 1. The Morgan fingerprint density at radius 2 is 2.18 bits per heavy atom. The van der Waals surface area contributed by atoms with Crippen molar-refractivity contribution in [3.8, 4) is 0 Å². The van der Waals surface area contributed by atoms with Crippen molar-refractivity contribution in [2.24, 2.45) is 5.73 Å². The zero-order chi connectivity index (χ0) is 12.5. The van der Waals surface area contributed by atoms with Crippen molar-refractivity contribution in [2.45, 2.75) is 45.1 Å². The molecule has 0 aromatic carbocycles. The highest BCUT2D eigenvalue weighted by molar-refractivity contribution is 5.55. The third-order valence-electron chi connectivity index (χ3n) is 3.40. The lowest BCUT2D eigenvalue weighted by molar-refractivity contribution is 0.499. The molecule has 1 aliphatic rings. The molecule has 3 heteroatoms. The molecular weight excluding hydrogens is 210 g/mol. The molecule has 3 nitrogen and oxygen atoms in total. The summed E-state index contributed by atoms with van der Waals surface area (Å²) in [7, 11) is 0. The lowest BCUT2D eigenvalue weighted by Crippen LogP contribution is -2.43. The van der Waals surface area contributed by atoms with E-state index < -0.39 is 0 Å². The monoisotopic (exact) mass is 233 g/mol. The minimum atomic E-state index is 0.130. The van der Waals surface area contributed by atoms with Crippen LogP contribution in [0.1, 0.15) is 39.2 Å². The van der Waals surface area contributed by atoms with Crippen molar-refractivity contribution >= 4 is 5.69 Å². The summed E-state index contributed by atoms with van der Waals surface area (Å²) in [6.45, 7) is 8.78. The van der Waals surface area contributed by atoms with Crippen molar-refractivity contribution in [3.63, 3.8) is 0 Å². The molecule has 0 spiro atoms. The maximum atomic E-state index is 6.06. The van der Waals surface area contributed by atoms with Crippen molar-refractivity contribution < 1.29 is 0 Å². The first kappa shape index (κ1) is 12.4.